The molecule has 0 aromatic carbocycles. The zero-order chi connectivity index (χ0) is 16.8. The van der Waals surface area contributed by atoms with Crippen LogP contribution in [0, 0.1) is 20.8 Å². The molecule has 0 spiro atoms. The summed E-state index contributed by atoms with van der Waals surface area (Å²) in [5, 5.41) is 10.6. The number of furan rings is 1. The van der Waals surface area contributed by atoms with E-state index in [-0.39, 0.29) is 30.0 Å². The molecule has 134 valence electrons. The molecule has 1 atom stereocenters. The van der Waals surface area contributed by atoms with Crippen LogP contribution in [0.15, 0.2) is 26.1 Å². The van der Waals surface area contributed by atoms with Gasteiger partial charge in [0, 0.05) is 18.7 Å². The highest BCUT2D eigenvalue weighted by atomic mass is 127. The third-order valence-corrected chi connectivity index (χ3v) is 3.70. The standard InChI is InChI=1S/C17H26N4O2.HI/c1-6-18-17(20-13(4)16-8-7-11(2)22-16)19-10-9-15-12(3)21-23-14(15)5;/h7-8,13H,6,9-10H2,1-5H3,(H2,18,19,20);1H. The van der Waals surface area contributed by atoms with Crippen molar-refractivity contribution in [2.45, 2.75) is 47.1 Å². The smallest absolute Gasteiger partial charge is 0.191 e. The number of rotatable bonds is 6. The number of aryl methyl sites for hydroxylation is 3. The fourth-order valence-electron chi connectivity index (χ4n) is 2.42. The van der Waals surface area contributed by atoms with Crippen molar-refractivity contribution in [3.05, 3.63) is 40.7 Å². The number of nitrogens with one attached hydrogen (secondary N) is 2. The van der Waals surface area contributed by atoms with Gasteiger partial charge in [0.1, 0.15) is 17.3 Å². The lowest BCUT2D eigenvalue weighted by Gasteiger charge is -2.16. The van der Waals surface area contributed by atoms with Crippen molar-refractivity contribution in [1.82, 2.24) is 15.8 Å². The van der Waals surface area contributed by atoms with Crippen molar-refractivity contribution in [1.29, 1.82) is 0 Å². The largest absolute Gasteiger partial charge is 0.464 e. The molecule has 24 heavy (non-hydrogen) atoms. The van der Waals surface area contributed by atoms with Gasteiger partial charge in [-0.3, -0.25) is 4.99 Å². The Balaban J connectivity index is 0.00000288. The number of guanidine groups is 1. The van der Waals surface area contributed by atoms with Gasteiger partial charge >= 0.3 is 0 Å². The van der Waals surface area contributed by atoms with Crippen LogP contribution in [0.3, 0.4) is 0 Å². The zero-order valence-electron chi connectivity index (χ0n) is 15.0. The fourth-order valence-corrected chi connectivity index (χ4v) is 2.42. The average molecular weight is 446 g/mol. The molecule has 2 N–H and O–H groups in total. The Labute approximate surface area is 160 Å². The monoisotopic (exact) mass is 446 g/mol. The number of aliphatic imine (C=N–C) groups is 1. The molecule has 2 rings (SSSR count). The molecule has 0 fully saturated rings. The van der Waals surface area contributed by atoms with Crippen molar-refractivity contribution in [2.24, 2.45) is 4.99 Å². The third-order valence-electron chi connectivity index (χ3n) is 3.70. The van der Waals surface area contributed by atoms with Gasteiger partial charge in [0.05, 0.1) is 11.7 Å². The van der Waals surface area contributed by atoms with Crippen LogP contribution in [0.25, 0.3) is 0 Å². The van der Waals surface area contributed by atoms with Crippen molar-refractivity contribution in [3.63, 3.8) is 0 Å². The highest BCUT2D eigenvalue weighted by Gasteiger charge is 2.12. The van der Waals surface area contributed by atoms with Gasteiger partial charge in [-0.15, -0.1) is 24.0 Å². The first kappa shape index (κ1) is 20.5. The quantitative estimate of drug-likeness (QED) is 0.403. The van der Waals surface area contributed by atoms with Gasteiger partial charge in [-0.05, 0) is 53.2 Å². The number of hydrogen-bond acceptors (Lipinski definition) is 4. The summed E-state index contributed by atoms with van der Waals surface area (Å²) >= 11 is 0. The Kier molecular flexibility index (Phi) is 8.30. The Morgan fingerprint density at radius 3 is 2.58 bits per heavy atom. The molecule has 6 nitrogen and oxygen atoms in total. The highest BCUT2D eigenvalue weighted by molar-refractivity contribution is 14.0. The second-order valence-corrected chi connectivity index (χ2v) is 5.63. The van der Waals surface area contributed by atoms with Crippen LogP contribution >= 0.6 is 24.0 Å². The SMILES string of the molecule is CCNC(=NCCc1c(C)noc1C)NC(C)c1ccc(C)o1.I. The van der Waals surface area contributed by atoms with Crippen molar-refractivity contribution < 1.29 is 8.94 Å². The van der Waals surface area contributed by atoms with E-state index in [9.17, 15) is 0 Å². The van der Waals surface area contributed by atoms with E-state index in [1.54, 1.807) is 0 Å². The Morgan fingerprint density at radius 2 is 2.04 bits per heavy atom. The summed E-state index contributed by atoms with van der Waals surface area (Å²) < 4.78 is 10.8. The van der Waals surface area contributed by atoms with Crippen molar-refractivity contribution in [2.75, 3.05) is 13.1 Å². The first-order valence-corrected chi connectivity index (χ1v) is 8.04. The summed E-state index contributed by atoms with van der Waals surface area (Å²) in [6, 6.07) is 4.01. The minimum absolute atomic E-state index is 0. The van der Waals surface area contributed by atoms with E-state index in [1.165, 1.54) is 0 Å². The minimum atomic E-state index is 0. The molecule has 0 aliphatic carbocycles. The summed E-state index contributed by atoms with van der Waals surface area (Å²) in [5.41, 5.74) is 2.08. The molecular formula is C17H27IN4O2. The molecule has 0 aliphatic heterocycles. The van der Waals surface area contributed by atoms with Gasteiger partial charge in [-0.2, -0.15) is 0 Å². The van der Waals surface area contributed by atoms with E-state index in [2.05, 4.69) is 27.7 Å². The van der Waals surface area contributed by atoms with Gasteiger partial charge < -0.3 is 19.6 Å². The predicted molar refractivity (Wildman–Crippen MR) is 106 cm³/mol. The van der Waals surface area contributed by atoms with E-state index < -0.39 is 0 Å². The first-order chi connectivity index (χ1) is 11.0. The predicted octanol–water partition coefficient (Wildman–Crippen LogP) is 3.67. The molecule has 0 saturated carbocycles. The minimum Gasteiger partial charge on any atom is -0.464 e. The summed E-state index contributed by atoms with van der Waals surface area (Å²) in [6.07, 6.45) is 0.811. The Hall–Kier alpha value is -1.51. The molecule has 0 radical (unpaired) electrons. The lowest BCUT2D eigenvalue weighted by molar-refractivity contribution is 0.392. The molecule has 2 aromatic rings. The van der Waals surface area contributed by atoms with Crippen LogP contribution in [-0.2, 0) is 6.42 Å². The molecule has 1 unspecified atom stereocenters. The normalized spacial score (nSPS) is 12.6. The van der Waals surface area contributed by atoms with E-state index in [1.807, 2.05) is 39.8 Å². The van der Waals surface area contributed by atoms with Crippen molar-refractivity contribution in [3.8, 4) is 0 Å². The fraction of sp³-hybridized carbons (Fsp3) is 0.529. The molecule has 2 heterocycles. The van der Waals surface area contributed by atoms with E-state index in [0.717, 1.165) is 47.5 Å². The van der Waals surface area contributed by atoms with Crippen LogP contribution in [0.5, 0.6) is 0 Å². The second kappa shape index (κ2) is 9.71. The Morgan fingerprint density at radius 1 is 1.29 bits per heavy atom. The second-order valence-electron chi connectivity index (χ2n) is 5.63. The van der Waals surface area contributed by atoms with E-state index in [4.69, 9.17) is 8.94 Å². The van der Waals surface area contributed by atoms with Gasteiger partial charge in [0.15, 0.2) is 5.96 Å². The topological polar surface area (TPSA) is 75.6 Å². The number of hydrogen-bond donors (Lipinski definition) is 2. The summed E-state index contributed by atoms with van der Waals surface area (Å²) in [4.78, 5) is 4.63. The Bertz CT molecular complexity index is 644. The maximum atomic E-state index is 5.65. The summed E-state index contributed by atoms with van der Waals surface area (Å²) in [5.74, 6) is 3.46. The van der Waals surface area contributed by atoms with Gasteiger partial charge in [0.25, 0.3) is 0 Å². The van der Waals surface area contributed by atoms with Crippen LogP contribution in [0.2, 0.25) is 0 Å². The third kappa shape index (κ3) is 5.54. The molecule has 2 aromatic heterocycles. The van der Waals surface area contributed by atoms with Crippen LogP contribution in [-0.4, -0.2) is 24.2 Å². The van der Waals surface area contributed by atoms with Crippen LogP contribution < -0.4 is 10.6 Å². The zero-order valence-corrected chi connectivity index (χ0v) is 17.3. The molecular weight excluding hydrogens is 419 g/mol. The molecule has 0 aliphatic rings. The maximum Gasteiger partial charge on any atom is 0.191 e. The van der Waals surface area contributed by atoms with Crippen molar-refractivity contribution >= 4 is 29.9 Å². The first-order valence-electron chi connectivity index (χ1n) is 8.04. The van der Waals surface area contributed by atoms with E-state index in [0.29, 0.717) is 6.54 Å². The van der Waals surface area contributed by atoms with Crippen LogP contribution in [0.4, 0.5) is 0 Å². The lowest BCUT2D eigenvalue weighted by atomic mass is 10.1. The van der Waals surface area contributed by atoms with Gasteiger partial charge in [-0.1, -0.05) is 5.16 Å². The van der Waals surface area contributed by atoms with Crippen LogP contribution in [0.1, 0.15) is 48.4 Å². The summed E-state index contributed by atoms with van der Waals surface area (Å²) in [6.45, 7) is 11.4. The van der Waals surface area contributed by atoms with Gasteiger partial charge in [0.2, 0.25) is 0 Å². The lowest BCUT2D eigenvalue weighted by Crippen LogP contribution is -2.38. The average Bonchev–Trinajstić information content (AvgIpc) is 3.07. The maximum absolute atomic E-state index is 5.65. The number of halogens is 1. The molecule has 0 bridgehead atoms. The van der Waals surface area contributed by atoms with Gasteiger partial charge in [-0.25, -0.2) is 0 Å². The van der Waals surface area contributed by atoms with E-state index >= 15 is 0 Å². The summed E-state index contributed by atoms with van der Waals surface area (Å²) in [7, 11) is 0. The molecule has 0 saturated heterocycles. The number of nitrogens with zero attached hydrogens (tertiary/aromatic N) is 2. The highest BCUT2D eigenvalue weighted by Crippen LogP contribution is 2.15. The number of aromatic nitrogens is 1. The molecule has 0 amide bonds. The molecule has 7 heteroatoms.